The Labute approximate surface area is 96.7 Å². The standard InChI is InChI=1S/C14H9NO2/c16-8-11-6-4-9-3-5-10-2-1-7-15-13(10)12(9)14(11)17/h1-8,15H. The number of H-pyrrole nitrogens is 1. The van der Waals surface area contributed by atoms with Crippen molar-refractivity contribution in [2.45, 2.75) is 0 Å². The highest BCUT2D eigenvalue weighted by molar-refractivity contribution is 6.06. The number of benzene rings is 2. The van der Waals surface area contributed by atoms with E-state index in [-0.39, 0.29) is 11.0 Å². The van der Waals surface area contributed by atoms with Crippen molar-refractivity contribution in [3.05, 3.63) is 58.4 Å². The quantitative estimate of drug-likeness (QED) is 0.509. The normalized spacial score (nSPS) is 10.8. The summed E-state index contributed by atoms with van der Waals surface area (Å²) in [5, 5.41) is 2.38. The Kier molecular flexibility index (Phi) is 2.05. The van der Waals surface area contributed by atoms with Crippen LogP contribution in [0, 0.1) is 0 Å². The van der Waals surface area contributed by atoms with E-state index >= 15 is 0 Å². The van der Waals surface area contributed by atoms with Crippen LogP contribution in [0.25, 0.3) is 21.7 Å². The first kappa shape index (κ1) is 9.78. The Hall–Kier alpha value is -2.42. The van der Waals surface area contributed by atoms with Crippen LogP contribution in [-0.4, -0.2) is 11.3 Å². The molecule has 0 aliphatic rings. The first-order valence-electron chi connectivity index (χ1n) is 5.29. The zero-order chi connectivity index (χ0) is 11.8. The fourth-order valence-corrected chi connectivity index (χ4v) is 2.09. The van der Waals surface area contributed by atoms with Crippen LogP contribution in [0.4, 0.5) is 0 Å². The van der Waals surface area contributed by atoms with Crippen LogP contribution in [0.3, 0.4) is 0 Å². The van der Waals surface area contributed by atoms with Crippen LogP contribution in [0.5, 0.6) is 0 Å². The molecule has 1 heterocycles. The molecule has 1 aromatic heterocycles. The minimum Gasteiger partial charge on any atom is -0.361 e. The van der Waals surface area contributed by atoms with Crippen molar-refractivity contribution < 1.29 is 4.79 Å². The number of hydrogen-bond donors (Lipinski definition) is 1. The predicted octanol–water partition coefficient (Wildman–Crippen LogP) is 2.49. The topological polar surface area (TPSA) is 49.9 Å². The van der Waals surface area contributed by atoms with Gasteiger partial charge in [0.1, 0.15) is 0 Å². The smallest absolute Gasteiger partial charge is 0.199 e. The molecule has 1 N–H and O–H groups in total. The second-order valence-electron chi connectivity index (χ2n) is 3.90. The number of carbonyl (C=O) groups is 1. The Bertz CT molecular complexity index is 787. The van der Waals surface area contributed by atoms with Crippen molar-refractivity contribution >= 4 is 28.0 Å². The van der Waals surface area contributed by atoms with E-state index in [0.29, 0.717) is 11.7 Å². The van der Waals surface area contributed by atoms with Gasteiger partial charge in [-0.05, 0) is 22.9 Å². The van der Waals surface area contributed by atoms with E-state index in [0.717, 1.165) is 16.3 Å². The highest BCUT2D eigenvalue weighted by atomic mass is 16.1. The van der Waals surface area contributed by atoms with Crippen molar-refractivity contribution in [3.8, 4) is 0 Å². The maximum Gasteiger partial charge on any atom is 0.199 e. The molecule has 0 spiro atoms. The number of aromatic amines is 1. The van der Waals surface area contributed by atoms with Crippen LogP contribution < -0.4 is 5.43 Å². The molecule has 2 aromatic carbocycles. The number of carbonyl (C=O) groups excluding carboxylic acids is 1. The summed E-state index contributed by atoms with van der Waals surface area (Å²) in [6.45, 7) is 0. The monoisotopic (exact) mass is 223 g/mol. The Morgan fingerprint density at radius 3 is 2.59 bits per heavy atom. The first-order chi connectivity index (χ1) is 8.31. The third-order valence-corrected chi connectivity index (χ3v) is 2.93. The van der Waals surface area contributed by atoms with Crippen LogP contribution in [-0.2, 0) is 0 Å². The van der Waals surface area contributed by atoms with Crippen molar-refractivity contribution in [2.75, 3.05) is 0 Å². The fourth-order valence-electron chi connectivity index (χ4n) is 2.09. The summed E-state index contributed by atoms with van der Waals surface area (Å²) in [4.78, 5) is 26.0. The second-order valence-corrected chi connectivity index (χ2v) is 3.90. The lowest BCUT2D eigenvalue weighted by atomic mass is 10.0. The van der Waals surface area contributed by atoms with Gasteiger partial charge in [-0.15, -0.1) is 0 Å². The summed E-state index contributed by atoms with van der Waals surface area (Å²) in [5.74, 6) is 0. The maximum atomic E-state index is 12.1. The molecule has 82 valence electrons. The Morgan fingerprint density at radius 1 is 1.00 bits per heavy atom. The third kappa shape index (κ3) is 1.36. The molecule has 0 amide bonds. The average Bonchev–Trinajstić information content (AvgIpc) is 2.38. The number of aromatic nitrogens is 1. The summed E-state index contributed by atoms with van der Waals surface area (Å²) < 4.78 is 0. The molecule has 3 rings (SSSR count). The van der Waals surface area contributed by atoms with Gasteiger partial charge in [-0.25, -0.2) is 0 Å². The molecule has 0 bridgehead atoms. The van der Waals surface area contributed by atoms with Gasteiger partial charge in [0, 0.05) is 6.20 Å². The second kappa shape index (κ2) is 3.56. The molecule has 0 unspecified atom stereocenters. The highest BCUT2D eigenvalue weighted by Crippen LogP contribution is 2.20. The minimum absolute atomic E-state index is 0.197. The summed E-state index contributed by atoms with van der Waals surface area (Å²) in [6.07, 6.45) is 2.37. The number of pyridine rings is 1. The Morgan fingerprint density at radius 2 is 1.76 bits per heavy atom. The first-order valence-corrected chi connectivity index (χ1v) is 5.29. The third-order valence-electron chi connectivity index (χ3n) is 2.93. The molecular formula is C14H9NO2. The summed E-state index contributed by atoms with van der Waals surface area (Å²) in [6, 6.07) is 11.0. The zero-order valence-electron chi connectivity index (χ0n) is 8.94. The molecule has 3 aromatic rings. The van der Waals surface area contributed by atoms with Gasteiger partial charge in [0.25, 0.3) is 0 Å². The summed E-state index contributed by atoms with van der Waals surface area (Å²) in [7, 11) is 0. The van der Waals surface area contributed by atoms with Crippen LogP contribution in [0.2, 0.25) is 0 Å². The lowest BCUT2D eigenvalue weighted by molar-refractivity contribution is 0.112. The van der Waals surface area contributed by atoms with Crippen LogP contribution in [0.15, 0.2) is 47.4 Å². The van der Waals surface area contributed by atoms with Gasteiger partial charge >= 0.3 is 0 Å². The van der Waals surface area contributed by atoms with Crippen molar-refractivity contribution in [2.24, 2.45) is 0 Å². The van der Waals surface area contributed by atoms with Crippen molar-refractivity contribution in [1.82, 2.24) is 4.98 Å². The fraction of sp³-hybridized carbons (Fsp3) is 0. The molecule has 17 heavy (non-hydrogen) atoms. The van der Waals surface area contributed by atoms with Gasteiger partial charge in [-0.2, -0.15) is 0 Å². The van der Waals surface area contributed by atoms with Gasteiger partial charge < -0.3 is 4.98 Å². The lowest BCUT2D eigenvalue weighted by Crippen LogP contribution is -2.08. The number of nitrogens with one attached hydrogen (secondary N) is 1. The molecule has 0 aliphatic carbocycles. The predicted molar refractivity (Wildman–Crippen MR) is 67.5 cm³/mol. The number of fused-ring (bicyclic) bond motifs is 3. The van der Waals surface area contributed by atoms with E-state index in [1.807, 2.05) is 24.3 Å². The van der Waals surface area contributed by atoms with Crippen LogP contribution >= 0.6 is 0 Å². The zero-order valence-corrected chi connectivity index (χ0v) is 8.94. The van der Waals surface area contributed by atoms with Gasteiger partial charge in [0.15, 0.2) is 11.7 Å². The average molecular weight is 223 g/mol. The molecule has 0 radical (unpaired) electrons. The minimum atomic E-state index is -0.217. The van der Waals surface area contributed by atoms with Gasteiger partial charge in [0.05, 0.1) is 16.5 Å². The molecule has 0 aliphatic heterocycles. The van der Waals surface area contributed by atoms with E-state index in [1.165, 1.54) is 0 Å². The summed E-state index contributed by atoms with van der Waals surface area (Å²) in [5.41, 5.74) is 0.756. The van der Waals surface area contributed by atoms with E-state index in [9.17, 15) is 9.59 Å². The van der Waals surface area contributed by atoms with Crippen LogP contribution in [0.1, 0.15) is 10.4 Å². The van der Waals surface area contributed by atoms with E-state index < -0.39 is 0 Å². The van der Waals surface area contributed by atoms with Gasteiger partial charge in [-0.3, -0.25) is 9.59 Å². The van der Waals surface area contributed by atoms with E-state index in [4.69, 9.17) is 0 Å². The largest absolute Gasteiger partial charge is 0.361 e. The number of rotatable bonds is 1. The van der Waals surface area contributed by atoms with Crippen molar-refractivity contribution in [3.63, 3.8) is 0 Å². The SMILES string of the molecule is O=Cc1ccc2ccc3ccc[nH]c3c2c1=O. The number of aldehydes is 1. The maximum absolute atomic E-state index is 12.1. The Balaban J connectivity index is 2.64. The molecule has 3 heteroatoms. The van der Waals surface area contributed by atoms with Gasteiger partial charge in [-0.1, -0.05) is 24.3 Å². The van der Waals surface area contributed by atoms with Crippen molar-refractivity contribution in [1.29, 1.82) is 0 Å². The molecular weight excluding hydrogens is 214 g/mol. The molecule has 0 saturated heterocycles. The lowest BCUT2D eigenvalue weighted by Gasteiger charge is -2.03. The van der Waals surface area contributed by atoms with E-state index in [2.05, 4.69) is 4.98 Å². The highest BCUT2D eigenvalue weighted by Gasteiger charge is 2.07. The van der Waals surface area contributed by atoms with E-state index in [1.54, 1.807) is 18.3 Å². The molecule has 3 nitrogen and oxygen atoms in total. The molecule has 0 atom stereocenters. The number of hydrogen-bond acceptors (Lipinski definition) is 2. The molecule has 0 saturated carbocycles. The molecule has 0 fully saturated rings. The summed E-state index contributed by atoms with van der Waals surface area (Å²) >= 11 is 0. The van der Waals surface area contributed by atoms with Gasteiger partial charge in [0.2, 0.25) is 0 Å².